The average molecular weight is 253 g/mol. The molecule has 94 valence electrons. The van der Waals surface area contributed by atoms with Crippen LogP contribution in [0.25, 0.3) is 11.1 Å². The lowest BCUT2D eigenvalue weighted by atomic mass is 10.0. The van der Waals surface area contributed by atoms with Gasteiger partial charge in [0, 0.05) is 18.0 Å². The third kappa shape index (κ3) is 2.45. The van der Waals surface area contributed by atoms with Crippen molar-refractivity contribution >= 4 is 0 Å². The highest BCUT2D eigenvalue weighted by molar-refractivity contribution is 5.71. The molecule has 2 nitrogen and oxygen atoms in total. The zero-order chi connectivity index (χ0) is 13.2. The lowest BCUT2D eigenvalue weighted by Crippen LogP contribution is -2.05. The van der Waals surface area contributed by atoms with Crippen LogP contribution in [-0.2, 0) is 6.18 Å². The second-order valence-electron chi connectivity index (χ2n) is 3.65. The molecule has 0 fully saturated rings. The summed E-state index contributed by atoms with van der Waals surface area (Å²) < 4.78 is 43.1. The Hall–Kier alpha value is -2.04. The van der Waals surface area contributed by atoms with Crippen LogP contribution < -0.4 is 4.74 Å². The van der Waals surface area contributed by atoms with E-state index < -0.39 is 11.7 Å². The molecule has 2 rings (SSSR count). The molecule has 0 saturated carbocycles. The van der Waals surface area contributed by atoms with Crippen LogP contribution in [0.3, 0.4) is 0 Å². The molecule has 2 aromatic rings. The smallest absolute Gasteiger partial charge is 0.416 e. The summed E-state index contributed by atoms with van der Waals surface area (Å²) in [5, 5.41) is 0. The molecule has 0 spiro atoms. The molecule has 1 aromatic heterocycles. The van der Waals surface area contributed by atoms with Crippen molar-refractivity contribution < 1.29 is 17.9 Å². The highest BCUT2D eigenvalue weighted by atomic mass is 19.4. The first-order valence-corrected chi connectivity index (χ1v) is 5.18. The van der Waals surface area contributed by atoms with Gasteiger partial charge in [0.05, 0.1) is 12.7 Å². The number of methoxy groups -OCH3 is 1. The monoisotopic (exact) mass is 253 g/mol. The number of pyridine rings is 1. The van der Waals surface area contributed by atoms with Crippen molar-refractivity contribution in [2.45, 2.75) is 6.18 Å². The lowest BCUT2D eigenvalue weighted by molar-refractivity contribution is -0.137. The number of halogens is 3. The van der Waals surface area contributed by atoms with Crippen LogP contribution in [0, 0.1) is 0 Å². The molecule has 0 saturated heterocycles. The maximum absolute atomic E-state index is 12.7. The van der Waals surface area contributed by atoms with Gasteiger partial charge in [-0.25, -0.2) is 0 Å². The molecule has 18 heavy (non-hydrogen) atoms. The molecule has 0 radical (unpaired) electrons. The van der Waals surface area contributed by atoms with Gasteiger partial charge >= 0.3 is 6.18 Å². The van der Waals surface area contributed by atoms with Gasteiger partial charge < -0.3 is 4.74 Å². The molecule has 0 bridgehead atoms. The minimum absolute atomic E-state index is 0.397. The number of hydrogen-bond acceptors (Lipinski definition) is 2. The Labute approximate surface area is 102 Å². The Kier molecular flexibility index (Phi) is 3.23. The maximum Gasteiger partial charge on any atom is 0.416 e. The minimum Gasteiger partial charge on any atom is -0.496 e. The predicted molar refractivity (Wildman–Crippen MR) is 61.2 cm³/mol. The van der Waals surface area contributed by atoms with Crippen molar-refractivity contribution in [1.29, 1.82) is 0 Å². The summed E-state index contributed by atoms with van der Waals surface area (Å²) in [6, 6.07) is 6.67. The van der Waals surface area contributed by atoms with Crippen LogP contribution in [0.4, 0.5) is 13.2 Å². The van der Waals surface area contributed by atoms with Gasteiger partial charge in [0.2, 0.25) is 0 Å². The largest absolute Gasteiger partial charge is 0.496 e. The van der Waals surface area contributed by atoms with Crippen molar-refractivity contribution in [2.75, 3.05) is 7.11 Å². The van der Waals surface area contributed by atoms with E-state index in [1.807, 2.05) is 0 Å². The van der Waals surface area contributed by atoms with Gasteiger partial charge in [0.1, 0.15) is 5.75 Å². The van der Waals surface area contributed by atoms with Gasteiger partial charge in [0.15, 0.2) is 0 Å². The molecule has 0 amide bonds. The fourth-order valence-corrected chi connectivity index (χ4v) is 1.64. The van der Waals surface area contributed by atoms with E-state index in [0.717, 1.165) is 12.1 Å². The van der Waals surface area contributed by atoms with Gasteiger partial charge in [-0.3, -0.25) is 4.98 Å². The molecular formula is C13H10F3NO. The van der Waals surface area contributed by atoms with E-state index in [4.69, 9.17) is 4.74 Å². The summed E-state index contributed by atoms with van der Waals surface area (Å²) in [4.78, 5) is 3.83. The third-order valence-electron chi connectivity index (χ3n) is 2.52. The van der Waals surface area contributed by atoms with Crippen LogP contribution in [-0.4, -0.2) is 12.1 Å². The van der Waals surface area contributed by atoms with E-state index in [9.17, 15) is 13.2 Å². The number of alkyl halides is 3. The number of rotatable bonds is 2. The Morgan fingerprint density at radius 1 is 1.06 bits per heavy atom. The standard InChI is InChI=1S/C13H10F3NO/c1-18-12-3-2-10(13(14,15)16)8-11(12)9-4-6-17-7-5-9/h2-8H,1H3. The van der Waals surface area contributed by atoms with Crippen molar-refractivity contribution in [2.24, 2.45) is 0 Å². The highest BCUT2D eigenvalue weighted by Crippen LogP contribution is 2.36. The summed E-state index contributed by atoms with van der Waals surface area (Å²) in [7, 11) is 1.42. The van der Waals surface area contributed by atoms with E-state index in [2.05, 4.69) is 4.98 Å². The van der Waals surface area contributed by atoms with Gasteiger partial charge in [-0.1, -0.05) is 0 Å². The molecule has 1 heterocycles. The summed E-state index contributed by atoms with van der Waals surface area (Å²) in [6.07, 6.45) is -1.32. The van der Waals surface area contributed by atoms with Crippen LogP contribution >= 0.6 is 0 Å². The van der Waals surface area contributed by atoms with Crippen LogP contribution in [0.15, 0.2) is 42.7 Å². The molecule has 0 aliphatic rings. The summed E-state index contributed by atoms with van der Waals surface area (Å²) in [5.41, 5.74) is 0.331. The molecule has 0 aliphatic heterocycles. The first kappa shape index (κ1) is 12.4. The summed E-state index contributed by atoms with van der Waals surface area (Å²) >= 11 is 0. The molecule has 0 N–H and O–H groups in total. The van der Waals surface area contributed by atoms with Gasteiger partial charge in [-0.15, -0.1) is 0 Å². The zero-order valence-electron chi connectivity index (χ0n) is 9.53. The normalized spacial score (nSPS) is 11.3. The second-order valence-corrected chi connectivity index (χ2v) is 3.65. The molecule has 1 aromatic carbocycles. The zero-order valence-corrected chi connectivity index (χ0v) is 9.53. The fraction of sp³-hybridized carbons (Fsp3) is 0.154. The Morgan fingerprint density at radius 2 is 1.72 bits per heavy atom. The van der Waals surface area contributed by atoms with Crippen molar-refractivity contribution in [3.63, 3.8) is 0 Å². The number of ether oxygens (including phenoxy) is 1. The Morgan fingerprint density at radius 3 is 2.28 bits per heavy atom. The molecule has 0 aliphatic carbocycles. The predicted octanol–water partition coefficient (Wildman–Crippen LogP) is 3.78. The maximum atomic E-state index is 12.7. The Bertz CT molecular complexity index is 538. The van der Waals surface area contributed by atoms with Crippen LogP contribution in [0.2, 0.25) is 0 Å². The summed E-state index contributed by atoms with van der Waals surface area (Å²) in [6.45, 7) is 0. The van der Waals surface area contributed by atoms with Gasteiger partial charge in [0.25, 0.3) is 0 Å². The van der Waals surface area contributed by atoms with Crippen LogP contribution in [0.5, 0.6) is 5.75 Å². The minimum atomic E-state index is -4.37. The first-order valence-electron chi connectivity index (χ1n) is 5.18. The topological polar surface area (TPSA) is 22.1 Å². The van der Waals surface area contributed by atoms with Crippen molar-refractivity contribution in [3.8, 4) is 16.9 Å². The SMILES string of the molecule is COc1ccc(C(F)(F)F)cc1-c1ccncc1. The number of nitrogens with zero attached hydrogens (tertiary/aromatic N) is 1. The van der Waals surface area contributed by atoms with E-state index in [1.54, 1.807) is 12.1 Å². The van der Waals surface area contributed by atoms with Gasteiger partial charge in [-0.2, -0.15) is 13.2 Å². The van der Waals surface area contributed by atoms with Gasteiger partial charge in [-0.05, 0) is 35.9 Å². The van der Waals surface area contributed by atoms with Crippen molar-refractivity contribution in [3.05, 3.63) is 48.3 Å². The molecule has 0 unspecified atom stereocenters. The first-order chi connectivity index (χ1) is 8.52. The number of aromatic nitrogens is 1. The fourth-order valence-electron chi connectivity index (χ4n) is 1.64. The number of hydrogen-bond donors (Lipinski definition) is 0. The van der Waals surface area contributed by atoms with E-state index in [1.165, 1.54) is 25.6 Å². The van der Waals surface area contributed by atoms with E-state index in [0.29, 0.717) is 16.9 Å². The quantitative estimate of drug-likeness (QED) is 0.812. The number of benzene rings is 1. The average Bonchev–Trinajstić information content (AvgIpc) is 2.38. The molecular weight excluding hydrogens is 243 g/mol. The molecule has 5 heteroatoms. The third-order valence-corrected chi connectivity index (χ3v) is 2.52. The van der Waals surface area contributed by atoms with E-state index in [-0.39, 0.29) is 0 Å². The highest BCUT2D eigenvalue weighted by Gasteiger charge is 2.31. The summed E-state index contributed by atoms with van der Waals surface area (Å²) in [5.74, 6) is 0.397. The second kappa shape index (κ2) is 4.68. The van der Waals surface area contributed by atoms with E-state index >= 15 is 0 Å². The lowest BCUT2D eigenvalue weighted by Gasteiger charge is -2.12. The van der Waals surface area contributed by atoms with Crippen molar-refractivity contribution in [1.82, 2.24) is 4.98 Å². The van der Waals surface area contributed by atoms with Crippen LogP contribution in [0.1, 0.15) is 5.56 Å². The molecule has 0 atom stereocenters. The Balaban J connectivity index is 2.57.